The third-order valence-corrected chi connectivity index (χ3v) is 3.38. The minimum absolute atomic E-state index is 0.453. The van der Waals surface area contributed by atoms with Gasteiger partial charge in [0.25, 0.3) is 11.8 Å². The van der Waals surface area contributed by atoms with E-state index in [-0.39, 0.29) is 0 Å². The molecule has 1 fully saturated rings. The number of anilines is 1. The van der Waals surface area contributed by atoms with Crippen LogP contribution >= 0.6 is 11.6 Å². The molecule has 1 aromatic carbocycles. The highest BCUT2D eigenvalue weighted by atomic mass is 35.5. The van der Waals surface area contributed by atoms with Crippen LogP contribution in [0.15, 0.2) is 24.3 Å². The molecule has 0 aliphatic heterocycles. The van der Waals surface area contributed by atoms with Crippen LogP contribution in [0.1, 0.15) is 12.8 Å². The van der Waals surface area contributed by atoms with E-state index in [2.05, 4.69) is 10.9 Å². The second-order valence-electron chi connectivity index (χ2n) is 4.68. The number of carboxylic acid groups (broad SMARTS) is 1. The highest BCUT2D eigenvalue weighted by Crippen LogP contribution is 2.52. The van der Waals surface area contributed by atoms with Gasteiger partial charge in [0.05, 0.1) is 5.69 Å². The van der Waals surface area contributed by atoms with Crippen molar-refractivity contribution < 1.29 is 23.5 Å². The van der Waals surface area contributed by atoms with Crippen molar-refractivity contribution in [3.05, 3.63) is 29.3 Å². The van der Waals surface area contributed by atoms with E-state index >= 15 is 0 Å². The molecule has 0 spiro atoms. The molecule has 1 aromatic rings. The number of alkyl halides is 2. The van der Waals surface area contributed by atoms with Gasteiger partial charge in [-0.25, -0.2) is 8.78 Å². The summed E-state index contributed by atoms with van der Waals surface area (Å²) in [5.74, 6) is -5.67. The van der Waals surface area contributed by atoms with E-state index in [0.29, 0.717) is 10.7 Å². The average Bonchev–Trinajstić information content (AvgIpc) is 2.34. The number of carboxylic acids is 1. The molecular formula is C12H11ClF2N2O3. The fourth-order valence-electron chi connectivity index (χ4n) is 2.02. The Hall–Kier alpha value is -1.89. The number of aliphatic carboxylic acids is 1. The van der Waals surface area contributed by atoms with Crippen LogP contribution in [0.3, 0.4) is 0 Å². The SMILES string of the molecule is O=C(O)C1(C(=O)NNc2ccc(Cl)cc2)CC(F)(F)C1. The van der Waals surface area contributed by atoms with Crippen LogP contribution in [0.4, 0.5) is 14.5 Å². The van der Waals surface area contributed by atoms with E-state index in [1.54, 1.807) is 24.3 Å². The number of hydrazine groups is 1. The van der Waals surface area contributed by atoms with Gasteiger partial charge in [0.1, 0.15) is 0 Å². The van der Waals surface area contributed by atoms with Gasteiger partial charge >= 0.3 is 5.97 Å². The normalized spacial score (nSPS) is 18.8. The number of nitrogens with one attached hydrogen (secondary N) is 2. The highest BCUT2D eigenvalue weighted by molar-refractivity contribution is 6.30. The number of benzene rings is 1. The van der Waals surface area contributed by atoms with Crippen LogP contribution in [-0.2, 0) is 9.59 Å². The Morgan fingerprint density at radius 3 is 2.20 bits per heavy atom. The first-order valence-electron chi connectivity index (χ1n) is 5.68. The Balaban J connectivity index is 2.00. The predicted octanol–water partition coefficient (Wildman–Crippen LogP) is 2.28. The Morgan fingerprint density at radius 2 is 1.75 bits per heavy atom. The summed E-state index contributed by atoms with van der Waals surface area (Å²) in [4.78, 5) is 22.9. The first kappa shape index (κ1) is 14.5. The number of hydrogen-bond acceptors (Lipinski definition) is 3. The first-order chi connectivity index (χ1) is 9.25. The summed E-state index contributed by atoms with van der Waals surface area (Å²) in [6.07, 6.45) is -1.99. The molecule has 0 saturated heterocycles. The highest BCUT2D eigenvalue weighted by Gasteiger charge is 2.65. The van der Waals surface area contributed by atoms with Gasteiger partial charge in [-0.05, 0) is 24.3 Å². The van der Waals surface area contributed by atoms with Crippen LogP contribution in [0.25, 0.3) is 0 Å². The Kier molecular flexibility index (Phi) is 3.56. The van der Waals surface area contributed by atoms with Crippen molar-refractivity contribution >= 4 is 29.2 Å². The lowest BCUT2D eigenvalue weighted by Crippen LogP contribution is -2.60. The van der Waals surface area contributed by atoms with Gasteiger partial charge in [0, 0.05) is 17.9 Å². The van der Waals surface area contributed by atoms with Gasteiger partial charge in [-0.15, -0.1) is 0 Å². The predicted molar refractivity (Wildman–Crippen MR) is 67.5 cm³/mol. The van der Waals surface area contributed by atoms with Crippen LogP contribution in [0.5, 0.6) is 0 Å². The maximum Gasteiger partial charge on any atom is 0.319 e. The largest absolute Gasteiger partial charge is 0.480 e. The standard InChI is InChI=1S/C12H11ClF2N2O3/c13-7-1-3-8(4-2-7)16-17-9(18)11(10(19)20)5-12(14,15)6-11/h1-4,16H,5-6H2,(H,17,18)(H,19,20). The van der Waals surface area contributed by atoms with E-state index in [1.165, 1.54) is 0 Å². The lowest BCUT2D eigenvalue weighted by Gasteiger charge is -2.42. The van der Waals surface area contributed by atoms with Gasteiger partial charge < -0.3 is 5.11 Å². The summed E-state index contributed by atoms with van der Waals surface area (Å²) in [7, 11) is 0. The minimum atomic E-state index is -3.12. The van der Waals surface area contributed by atoms with E-state index in [4.69, 9.17) is 16.7 Å². The smallest absolute Gasteiger partial charge is 0.319 e. The maximum absolute atomic E-state index is 12.9. The number of hydrogen-bond donors (Lipinski definition) is 3. The fourth-order valence-corrected chi connectivity index (χ4v) is 2.15. The Bertz CT molecular complexity index is 540. The first-order valence-corrected chi connectivity index (χ1v) is 6.06. The summed E-state index contributed by atoms with van der Waals surface area (Å²) in [6, 6.07) is 6.21. The summed E-state index contributed by atoms with van der Waals surface area (Å²) < 4.78 is 25.8. The van der Waals surface area contributed by atoms with Crippen molar-refractivity contribution in [1.82, 2.24) is 5.43 Å². The van der Waals surface area contributed by atoms with Crippen molar-refractivity contribution in [1.29, 1.82) is 0 Å². The molecule has 108 valence electrons. The fraction of sp³-hybridized carbons (Fsp3) is 0.333. The molecule has 0 atom stereocenters. The van der Waals surface area contributed by atoms with Gasteiger partial charge in [0.2, 0.25) is 0 Å². The quantitative estimate of drug-likeness (QED) is 0.589. The van der Waals surface area contributed by atoms with Crippen molar-refractivity contribution in [3.63, 3.8) is 0 Å². The van der Waals surface area contributed by atoms with Crippen LogP contribution in [0, 0.1) is 5.41 Å². The number of amides is 1. The monoisotopic (exact) mass is 304 g/mol. The topological polar surface area (TPSA) is 78.4 Å². The molecule has 3 N–H and O–H groups in total. The molecule has 1 saturated carbocycles. The summed E-state index contributed by atoms with van der Waals surface area (Å²) >= 11 is 5.68. The third kappa shape index (κ3) is 2.67. The van der Waals surface area contributed by atoms with Gasteiger partial charge in [-0.1, -0.05) is 11.6 Å². The number of carbonyl (C=O) groups excluding carboxylic acids is 1. The van der Waals surface area contributed by atoms with Crippen molar-refractivity contribution in [2.45, 2.75) is 18.8 Å². The molecule has 5 nitrogen and oxygen atoms in total. The zero-order valence-electron chi connectivity index (χ0n) is 10.1. The second-order valence-corrected chi connectivity index (χ2v) is 5.12. The van der Waals surface area contributed by atoms with Crippen LogP contribution < -0.4 is 10.9 Å². The Labute approximate surface area is 117 Å². The molecule has 0 heterocycles. The summed E-state index contributed by atoms with van der Waals surface area (Å²) in [6.45, 7) is 0. The molecule has 1 amide bonds. The third-order valence-electron chi connectivity index (χ3n) is 3.13. The molecule has 2 rings (SSSR count). The second kappa shape index (κ2) is 4.90. The minimum Gasteiger partial charge on any atom is -0.480 e. The Morgan fingerprint density at radius 1 is 1.20 bits per heavy atom. The van der Waals surface area contributed by atoms with Gasteiger partial charge in [-0.3, -0.25) is 20.4 Å². The van der Waals surface area contributed by atoms with E-state index in [9.17, 15) is 18.4 Å². The van der Waals surface area contributed by atoms with Crippen LogP contribution in [-0.4, -0.2) is 22.9 Å². The number of rotatable bonds is 4. The van der Waals surface area contributed by atoms with E-state index in [0.717, 1.165) is 0 Å². The van der Waals surface area contributed by atoms with Crippen molar-refractivity contribution in [2.75, 3.05) is 5.43 Å². The summed E-state index contributed by atoms with van der Waals surface area (Å²) in [5, 5.41) is 9.47. The van der Waals surface area contributed by atoms with Gasteiger partial charge in [0.15, 0.2) is 5.41 Å². The molecule has 0 unspecified atom stereocenters. The maximum atomic E-state index is 12.9. The average molecular weight is 305 g/mol. The molecule has 0 aromatic heterocycles. The number of carbonyl (C=O) groups is 2. The summed E-state index contributed by atoms with van der Waals surface area (Å²) in [5.41, 5.74) is 2.97. The molecule has 8 heteroatoms. The molecule has 1 aliphatic rings. The lowest BCUT2D eigenvalue weighted by molar-refractivity contribution is -0.196. The molecule has 0 radical (unpaired) electrons. The molecule has 0 bridgehead atoms. The number of halogens is 3. The van der Waals surface area contributed by atoms with Crippen molar-refractivity contribution in [3.8, 4) is 0 Å². The van der Waals surface area contributed by atoms with Crippen molar-refractivity contribution in [2.24, 2.45) is 5.41 Å². The van der Waals surface area contributed by atoms with E-state index in [1.807, 2.05) is 0 Å². The zero-order valence-corrected chi connectivity index (χ0v) is 10.9. The van der Waals surface area contributed by atoms with Gasteiger partial charge in [-0.2, -0.15) is 0 Å². The van der Waals surface area contributed by atoms with E-state index < -0.39 is 36.1 Å². The lowest BCUT2D eigenvalue weighted by atomic mass is 9.65. The zero-order chi connectivity index (χ0) is 15.0. The molecular weight excluding hydrogens is 294 g/mol. The van der Waals surface area contributed by atoms with Crippen LogP contribution in [0.2, 0.25) is 5.02 Å². The molecule has 1 aliphatic carbocycles. The molecule has 20 heavy (non-hydrogen) atoms.